The van der Waals surface area contributed by atoms with E-state index in [4.69, 9.17) is 4.74 Å². The topological polar surface area (TPSA) is 61.9 Å². The van der Waals surface area contributed by atoms with Gasteiger partial charge in [0, 0.05) is 31.4 Å². The van der Waals surface area contributed by atoms with Gasteiger partial charge in [-0.3, -0.25) is 9.59 Å². The third-order valence-electron chi connectivity index (χ3n) is 7.15. The van der Waals surface area contributed by atoms with Crippen molar-refractivity contribution in [2.45, 2.75) is 57.3 Å². The van der Waals surface area contributed by atoms with Crippen molar-refractivity contribution < 1.29 is 14.3 Å². The smallest absolute Gasteiger partial charge is 0.251 e. The Labute approximate surface area is 195 Å². The predicted molar refractivity (Wildman–Crippen MR) is 128 cm³/mol. The van der Waals surface area contributed by atoms with Crippen LogP contribution in [0.2, 0.25) is 0 Å². The average Bonchev–Trinajstić information content (AvgIpc) is 3.69. The quantitative estimate of drug-likeness (QED) is 0.734. The van der Waals surface area contributed by atoms with Gasteiger partial charge in [-0.15, -0.1) is 0 Å². The van der Waals surface area contributed by atoms with Crippen LogP contribution in [0.3, 0.4) is 0 Å². The van der Waals surface area contributed by atoms with Crippen LogP contribution < -0.4 is 10.2 Å². The molecule has 6 nitrogen and oxygen atoms in total. The van der Waals surface area contributed by atoms with Gasteiger partial charge in [-0.2, -0.15) is 0 Å². The molecule has 0 radical (unpaired) electrons. The number of hydrogen-bond donors (Lipinski definition) is 1. The Morgan fingerprint density at radius 3 is 2.36 bits per heavy atom. The molecule has 3 aliphatic rings. The number of amides is 2. The van der Waals surface area contributed by atoms with Crippen LogP contribution in [-0.2, 0) is 20.9 Å². The molecule has 2 aromatic carbocycles. The molecular formula is C27H33N3O3. The molecule has 174 valence electrons. The van der Waals surface area contributed by atoms with Crippen LogP contribution in [0.25, 0.3) is 0 Å². The summed E-state index contributed by atoms with van der Waals surface area (Å²) in [4.78, 5) is 30.2. The van der Waals surface area contributed by atoms with Crippen LogP contribution in [0, 0.1) is 5.92 Å². The first-order valence-electron chi connectivity index (χ1n) is 12.2. The van der Waals surface area contributed by atoms with Crippen LogP contribution >= 0.6 is 0 Å². The summed E-state index contributed by atoms with van der Waals surface area (Å²) in [5.41, 5.74) is 3.24. The zero-order valence-corrected chi connectivity index (χ0v) is 19.3. The number of nitrogens with one attached hydrogen (secondary N) is 1. The number of carbonyl (C=O) groups excluding carboxylic acids is 2. The third kappa shape index (κ3) is 4.91. The maximum absolute atomic E-state index is 13.2. The van der Waals surface area contributed by atoms with Gasteiger partial charge in [-0.25, -0.2) is 0 Å². The number of hydrogen-bond acceptors (Lipinski definition) is 4. The van der Waals surface area contributed by atoms with Crippen molar-refractivity contribution in [3.05, 3.63) is 65.7 Å². The van der Waals surface area contributed by atoms with E-state index in [9.17, 15) is 9.59 Å². The number of benzene rings is 2. The van der Waals surface area contributed by atoms with Crippen molar-refractivity contribution in [1.29, 1.82) is 0 Å². The lowest BCUT2D eigenvalue weighted by atomic mass is 9.96. The summed E-state index contributed by atoms with van der Waals surface area (Å²) in [7, 11) is 0. The maximum Gasteiger partial charge on any atom is 0.251 e. The second kappa shape index (κ2) is 9.56. The number of morpholine rings is 1. The highest BCUT2D eigenvalue weighted by Crippen LogP contribution is 2.39. The normalized spacial score (nSPS) is 24.1. The van der Waals surface area contributed by atoms with Gasteiger partial charge in [0.2, 0.25) is 5.91 Å². The molecule has 0 unspecified atom stereocenters. The Morgan fingerprint density at radius 2 is 1.70 bits per heavy atom. The molecule has 0 aromatic heterocycles. The second-order valence-corrected chi connectivity index (χ2v) is 9.67. The van der Waals surface area contributed by atoms with Crippen molar-refractivity contribution in [2.75, 3.05) is 24.6 Å². The van der Waals surface area contributed by atoms with Gasteiger partial charge in [0.1, 0.15) is 6.61 Å². The fourth-order valence-electron chi connectivity index (χ4n) is 5.00. The Morgan fingerprint density at radius 1 is 1.00 bits per heavy atom. The maximum atomic E-state index is 13.2. The largest absolute Gasteiger partial charge is 0.372 e. The minimum atomic E-state index is -0.708. The van der Waals surface area contributed by atoms with Gasteiger partial charge in [-0.05, 0) is 54.9 Å². The lowest BCUT2D eigenvalue weighted by Gasteiger charge is -2.40. The van der Waals surface area contributed by atoms with Crippen LogP contribution in [0.5, 0.6) is 0 Å². The van der Waals surface area contributed by atoms with Gasteiger partial charge in [0.15, 0.2) is 6.10 Å². The van der Waals surface area contributed by atoms with Crippen LogP contribution in [0.1, 0.15) is 49.8 Å². The van der Waals surface area contributed by atoms with E-state index in [1.54, 1.807) is 0 Å². The summed E-state index contributed by atoms with van der Waals surface area (Å²) in [6.07, 6.45) is 3.75. The van der Waals surface area contributed by atoms with E-state index in [0.29, 0.717) is 6.54 Å². The van der Waals surface area contributed by atoms with Crippen molar-refractivity contribution in [1.82, 2.24) is 10.2 Å². The minimum absolute atomic E-state index is 0.0295. The summed E-state index contributed by atoms with van der Waals surface area (Å²) in [5.74, 6) is 0.609. The van der Waals surface area contributed by atoms with E-state index in [2.05, 4.69) is 41.4 Å². The highest BCUT2D eigenvalue weighted by Gasteiger charge is 2.47. The Kier molecular flexibility index (Phi) is 6.36. The fraction of sp³-hybridized carbons (Fsp3) is 0.481. The van der Waals surface area contributed by atoms with Crippen molar-refractivity contribution >= 4 is 17.5 Å². The van der Waals surface area contributed by atoms with Gasteiger partial charge in [-0.1, -0.05) is 49.4 Å². The first kappa shape index (κ1) is 22.0. The summed E-state index contributed by atoms with van der Waals surface area (Å²) in [6.45, 7) is 4.93. The lowest BCUT2D eigenvalue weighted by molar-refractivity contribution is -0.165. The summed E-state index contributed by atoms with van der Waals surface area (Å²) >= 11 is 0. The van der Waals surface area contributed by atoms with E-state index in [1.165, 1.54) is 18.5 Å². The molecule has 2 amide bonds. The van der Waals surface area contributed by atoms with E-state index in [1.807, 2.05) is 35.2 Å². The average molecular weight is 448 g/mol. The number of nitrogens with zero attached hydrogens (tertiary/aromatic N) is 2. The molecule has 2 aliphatic heterocycles. The van der Waals surface area contributed by atoms with Gasteiger partial charge >= 0.3 is 0 Å². The van der Waals surface area contributed by atoms with Crippen LogP contribution in [0.15, 0.2) is 54.6 Å². The molecule has 2 saturated heterocycles. The summed E-state index contributed by atoms with van der Waals surface area (Å²) in [5, 5.41) is 3.05. The number of rotatable bonds is 6. The zero-order chi connectivity index (χ0) is 22.8. The van der Waals surface area contributed by atoms with Crippen LogP contribution in [0.4, 0.5) is 5.69 Å². The van der Waals surface area contributed by atoms with Crippen molar-refractivity contribution in [3.8, 4) is 0 Å². The second-order valence-electron chi connectivity index (χ2n) is 9.67. The highest BCUT2D eigenvalue weighted by atomic mass is 16.5. The fourth-order valence-corrected chi connectivity index (χ4v) is 5.00. The molecular weight excluding hydrogens is 414 g/mol. The Hall–Kier alpha value is -2.86. The number of anilines is 1. The molecule has 3 fully saturated rings. The lowest BCUT2D eigenvalue weighted by Crippen LogP contribution is -2.55. The summed E-state index contributed by atoms with van der Waals surface area (Å²) in [6, 6.07) is 18.1. The SMILES string of the molecule is CC1CCN(c2ccc(CNC(=O)[C@@H]3OCC(=O)N(C4CC4)[C@H]3c3ccccc3)cc2)CC1. The van der Waals surface area contributed by atoms with E-state index in [-0.39, 0.29) is 30.5 Å². The minimum Gasteiger partial charge on any atom is -0.372 e. The molecule has 5 rings (SSSR count). The van der Waals surface area contributed by atoms with Gasteiger partial charge in [0.25, 0.3) is 5.91 Å². The van der Waals surface area contributed by atoms with Crippen LogP contribution in [-0.4, -0.2) is 48.6 Å². The third-order valence-corrected chi connectivity index (χ3v) is 7.15. The molecule has 2 aromatic rings. The standard InChI is InChI=1S/C27H33N3O3/c1-19-13-15-29(16-14-19)22-9-7-20(8-10-22)17-28-27(32)26-25(21-5-3-2-4-6-21)30(23-11-12-23)24(31)18-33-26/h2-10,19,23,25-26H,11-18H2,1H3,(H,28,32)/t25-,26+/m0/s1. The van der Waals surface area contributed by atoms with E-state index >= 15 is 0 Å². The van der Waals surface area contributed by atoms with Gasteiger partial charge < -0.3 is 19.9 Å². The number of ether oxygens (including phenoxy) is 1. The molecule has 0 spiro atoms. The number of carbonyl (C=O) groups is 2. The first-order chi connectivity index (χ1) is 16.1. The highest BCUT2D eigenvalue weighted by molar-refractivity contribution is 5.86. The molecule has 1 N–H and O–H groups in total. The first-order valence-corrected chi connectivity index (χ1v) is 12.2. The van der Waals surface area contributed by atoms with Gasteiger partial charge in [0.05, 0.1) is 6.04 Å². The summed E-state index contributed by atoms with van der Waals surface area (Å²) < 4.78 is 5.81. The zero-order valence-electron chi connectivity index (χ0n) is 19.3. The monoisotopic (exact) mass is 447 g/mol. The predicted octanol–water partition coefficient (Wildman–Crippen LogP) is 3.67. The molecule has 1 saturated carbocycles. The molecule has 0 bridgehead atoms. The van der Waals surface area contributed by atoms with E-state index in [0.717, 1.165) is 43.0 Å². The molecule has 1 aliphatic carbocycles. The van der Waals surface area contributed by atoms with Crippen molar-refractivity contribution in [3.63, 3.8) is 0 Å². The molecule has 6 heteroatoms. The Bertz CT molecular complexity index is 966. The molecule has 33 heavy (non-hydrogen) atoms. The Balaban J connectivity index is 1.25. The van der Waals surface area contributed by atoms with Crippen molar-refractivity contribution in [2.24, 2.45) is 5.92 Å². The molecule has 2 atom stereocenters. The molecule has 2 heterocycles. The van der Waals surface area contributed by atoms with E-state index < -0.39 is 6.10 Å². The number of piperidine rings is 1.